The molecule has 2 atom stereocenters. The molecule has 0 spiro atoms. The lowest BCUT2D eigenvalue weighted by atomic mass is 10.1. The van der Waals surface area contributed by atoms with E-state index in [1.54, 1.807) is 0 Å². The minimum atomic E-state index is -0.400. The Morgan fingerprint density at radius 1 is 1.39 bits per heavy atom. The van der Waals surface area contributed by atoms with Gasteiger partial charge in [-0.1, -0.05) is 37.3 Å². The van der Waals surface area contributed by atoms with Crippen molar-refractivity contribution in [2.75, 3.05) is 26.2 Å². The minimum absolute atomic E-state index is 0.400. The van der Waals surface area contributed by atoms with Gasteiger partial charge < -0.3 is 10.4 Å². The number of likely N-dealkylation sites (tertiary alicyclic amines) is 1. The van der Waals surface area contributed by atoms with Gasteiger partial charge in [0.05, 0.1) is 6.10 Å². The number of hydrogen-bond donors (Lipinski definition) is 2. The molecule has 0 amide bonds. The maximum absolute atomic E-state index is 10.0. The smallest absolute Gasteiger partial charge is 0.0914 e. The second kappa shape index (κ2) is 6.88. The third kappa shape index (κ3) is 3.55. The van der Waals surface area contributed by atoms with Crippen molar-refractivity contribution in [1.29, 1.82) is 0 Å². The quantitative estimate of drug-likeness (QED) is 0.806. The van der Waals surface area contributed by atoms with Gasteiger partial charge in [0.2, 0.25) is 0 Å². The van der Waals surface area contributed by atoms with Crippen molar-refractivity contribution in [2.24, 2.45) is 0 Å². The lowest BCUT2D eigenvalue weighted by Crippen LogP contribution is -2.39. The SMILES string of the molecule is CCN1CCCC1CNCC(O)c1ccccc1. The normalized spacial score (nSPS) is 22.2. The molecular formula is C15H24N2O. The van der Waals surface area contributed by atoms with Gasteiger partial charge in [-0.25, -0.2) is 0 Å². The van der Waals surface area contributed by atoms with Crippen molar-refractivity contribution in [3.05, 3.63) is 35.9 Å². The maximum atomic E-state index is 10.0. The number of aliphatic hydroxyl groups excluding tert-OH is 1. The first kappa shape index (κ1) is 13.5. The summed E-state index contributed by atoms with van der Waals surface area (Å²) >= 11 is 0. The van der Waals surface area contributed by atoms with E-state index in [-0.39, 0.29) is 0 Å². The largest absolute Gasteiger partial charge is 0.387 e. The van der Waals surface area contributed by atoms with Gasteiger partial charge in [0.15, 0.2) is 0 Å². The highest BCUT2D eigenvalue weighted by Gasteiger charge is 2.22. The van der Waals surface area contributed by atoms with Gasteiger partial charge in [0, 0.05) is 19.1 Å². The van der Waals surface area contributed by atoms with Crippen molar-refractivity contribution in [2.45, 2.75) is 31.9 Å². The Balaban J connectivity index is 1.72. The molecule has 0 aromatic heterocycles. The van der Waals surface area contributed by atoms with Crippen LogP contribution < -0.4 is 5.32 Å². The molecule has 0 bridgehead atoms. The van der Waals surface area contributed by atoms with Crippen LogP contribution in [0.1, 0.15) is 31.4 Å². The molecule has 1 heterocycles. The van der Waals surface area contributed by atoms with Crippen LogP contribution in [0.3, 0.4) is 0 Å². The van der Waals surface area contributed by atoms with E-state index in [1.807, 2.05) is 30.3 Å². The summed E-state index contributed by atoms with van der Waals surface area (Å²) in [6, 6.07) is 10.5. The van der Waals surface area contributed by atoms with E-state index in [0.29, 0.717) is 12.6 Å². The Morgan fingerprint density at radius 2 is 2.17 bits per heavy atom. The second-order valence-corrected chi connectivity index (χ2v) is 5.01. The first-order valence-electron chi connectivity index (χ1n) is 6.99. The molecule has 2 rings (SSSR count). The number of benzene rings is 1. The minimum Gasteiger partial charge on any atom is -0.387 e. The molecule has 0 aliphatic carbocycles. The fourth-order valence-electron chi connectivity index (χ4n) is 2.72. The average molecular weight is 248 g/mol. The highest BCUT2D eigenvalue weighted by Crippen LogP contribution is 2.16. The Labute approximate surface area is 110 Å². The molecule has 0 radical (unpaired) electrons. The number of likely N-dealkylation sites (N-methyl/N-ethyl adjacent to an activating group) is 1. The van der Waals surface area contributed by atoms with Gasteiger partial charge >= 0.3 is 0 Å². The van der Waals surface area contributed by atoms with E-state index in [4.69, 9.17) is 0 Å². The summed E-state index contributed by atoms with van der Waals surface area (Å²) in [4.78, 5) is 2.52. The molecule has 1 fully saturated rings. The molecule has 2 N–H and O–H groups in total. The van der Waals surface area contributed by atoms with E-state index in [0.717, 1.165) is 18.7 Å². The van der Waals surface area contributed by atoms with Crippen molar-refractivity contribution in [1.82, 2.24) is 10.2 Å². The summed E-state index contributed by atoms with van der Waals surface area (Å²) in [5.41, 5.74) is 0.990. The number of nitrogens with one attached hydrogen (secondary N) is 1. The molecule has 1 aromatic rings. The monoisotopic (exact) mass is 248 g/mol. The van der Waals surface area contributed by atoms with Gasteiger partial charge in [-0.15, -0.1) is 0 Å². The summed E-state index contributed by atoms with van der Waals surface area (Å²) in [5, 5.41) is 13.4. The number of nitrogens with zero attached hydrogens (tertiary/aromatic N) is 1. The van der Waals surface area contributed by atoms with Gasteiger partial charge in [-0.05, 0) is 31.5 Å². The summed E-state index contributed by atoms with van der Waals surface area (Å²) in [6.07, 6.45) is 2.19. The molecule has 0 saturated carbocycles. The van der Waals surface area contributed by atoms with Crippen LogP contribution in [0.5, 0.6) is 0 Å². The van der Waals surface area contributed by atoms with Crippen LogP contribution in [0.25, 0.3) is 0 Å². The Kier molecular flexibility index (Phi) is 5.17. The third-order valence-electron chi connectivity index (χ3n) is 3.81. The molecule has 1 aliphatic rings. The fraction of sp³-hybridized carbons (Fsp3) is 0.600. The number of rotatable bonds is 6. The van der Waals surface area contributed by atoms with Crippen molar-refractivity contribution < 1.29 is 5.11 Å². The van der Waals surface area contributed by atoms with E-state index >= 15 is 0 Å². The summed E-state index contributed by atoms with van der Waals surface area (Å²) in [5.74, 6) is 0. The second-order valence-electron chi connectivity index (χ2n) is 5.01. The molecule has 3 nitrogen and oxygen atoms in total. The zero-order chi connectivity index (χ0) is 12.8. The Morgan fingerprint density at radius 3 is 2.89 bits per heavy atom. The topological polar surface area (TPSA) is 35.5 Å². The standard InChI is InChI=1S/C15H24N2O/c1-2-17-10-6-9-14(17)11-16-12-15(18)13-7-4-3-5-8-13/h3-5,7-8,14-16,18H,2,6,9-12H2,1H3. The van der Waals surface area contributed by atoms with Crippen LogP contribution in [-0.4, -0.2) is 42.2 Å². The third-order valence-corrected chi connectivity index (χ3v) is 3.81. The van der Waals surface area contributed by atoms with Gasteiger partial charge in [-0.3, -0.25) is 4.90 Å². The molecule has 1 aliphatic heterocycles. The molecule has 1 aromatic carbocycles. The van der Waals surface area contributed by atoms with Crippen molar-refractivity contribution in [3.8, 4) is 0 Å². The molecule has 3 heteroatoms. The summed E-state index contributed by atoms with van der Waals surface area (Å²) in [6.45, 7) is 6.20. The van der Waals surface area contributed by atoms with E-state index < -0.39 is 6.10 Å². The zero-order valence-electron chi connectivity index (χ0n) is 11.2. The predicted octanol–water partition coefficient (Wildman–Crippen LogP) is 1.79. The maximum Gasteiger partial charge on any atom is 0.0914 e. The highest BCUT2D eigenvalue weighted by molar-refractivity contribution is 5.17. The molecule has 1 saturated heterocycles. The van der Waals surface area contributed by atoms with Crippen molar-refractivity contribution in [3.63, 3.8) is 0 Å². The van der Waals surface area contributed by atoms with Gasteiger partial charge in [0.25, 0.3) is 0 Å². The van der Waals surface area contributed by atoms with Crippen LogP contribution in [0.4, 0.5) is 0 Å². The molecule has 18 heavy (non-hydrogen) atoms. The number of aliphatic hydroxyl groups is 1. The lowest BCUT2D eigenvalue weighted by Gasteiger charge is -2.23. The van der Waals surface area contributed by atoms with Crippen LogP contribution in [0.2, 0.25) is 0 Å². The number of hydrogen-bond acceptors (Lipinski definition) is 3. The summed E-state index contributed by atoms with van der Waals surface area (Å²) < 4.78 is 0. The van der Waals surface area contributed by atoms with E-state index in [1.165, 1.54) is 19.4 Å². The van der Waals surface area contributed by atoms with E-state index in [2.05, 4.69) is 17.1 Å². The average Bonchev–Trinajstić information content (AvgIpc) is 2.87. The van der Waals surface area contributed by atoms with Crippen LogP contribution in [0, 0.1) is 0 Å². The molecule has 2 unspecified atom stereocenters. The Hall–Kier alpha value is -0.900. The van der Waals surface area contributed by atoms with Gasteiger partial charge in [-0.2, -0.15) is 0 Å². The lowest BCUT2D eigenvalue weighted by molar-refractivity contribution is 0.168. The van der Waals surface area contributed by atoms with Crippen molar-refractivity contribution >= 4 is 0 Å². The van der Waals surface area contributed by atoms with Gasteiger partial charge in [0.1, 0.15) is 0 Å². The fourth-order valence-corrected chi connectivity index (χ4v) is 2.72. The van der Waals surface area contributed by atoms with Crippen LogP contribution in [-0.2, 0) is 0 Å². The Bertz CT molecular complexity index is 342. The molecule has 100 valence electrons. The molecular weight excluding hydrogens is 224 g/mol. The van der Waals surface area contributed by atoms with Crippen LogP contribution >= 0.6 is 0 Å². The summed E-state index contributed by atoms with van der Waals surface area (Å²) in [7, 11) is 0. The van der Waals surface area contributed by atoms with Crippen LogP contribution in [0.15, 0.2) is 30.3 Å². The van der Waals surface area contributed by atoms with E-state index in [9.17, 15) is 5.11 Å². The predicted molar refractivity (Wildman–Crippen MR) is 74.5 cm³/mol. The first-order valence-corrected chi connectivity index (χ1v) is 6.99. The zero-order valence-corrected chi connectivity index (χ0v) is 11.2. The first-order chi connectivity index (χ1) is 8.81. The highest BCUT2D eigenvalue weighted by atomic mass is 16.3.